The molecule has 5 aliphatic heterocycles. The van der Waals surface area contributed by atoms with Gasteiger partial charge in [-0.3, -0.25) is 19.5 Å². The molecule has 5 fully saturated rings. The fourth-order valence-electron chi connectivity index (χ4n) is 7.30. The van der Waals surface area contributed by atoms with E-state index in [1.54, 1.807) is 7.11 Å². The maximum Gasteiger partial charge on any atom is 0.304 e. The van der Waals surface area contributed by atoms with Crippen LogP contribution >= 0.6 is 0 Å². The van der Waals surface area contributed by atoms with Crippen molar-refractivity contribution in [2.24, 2.45) is 16.8 Å². The lowest BCUT2D eigenvalue weighted by Crippen LogP contribution is -2.68. The van der Waals surface area contributed by atoms with E-state index >= 15 is 0 Å². The van der Waals surface area contributed by atoms with Crippen LogP contribution in [0.25, 0.3) is 0 Å². The molecule has 1 saturated carbocycles. The molecule has 1 aromatic rings. The van der Waals surface area contributed by atoms with E-state index in [1.807, 2.05) is 19.1 Å². The normalized spacial score (nSPS) is 41.6. The zero-order valence-corrected chi connectivity index (χ0v) is 18.1. The van der Waals surface area contributed by atoms with Crippen molar-refractivity contribution >= 4 is 23.3 Å². The summed E-state index contributed by atoms with van der Waals surface area (Å²) in [7, 11) is 1.66. The Balaban J connectivity index is 1.57. The van der Waals surface area contributed by atoms with Crippen molar-refractivity contribution in [3.05, 3.63) is 35.4 Å². The van der Waals surface area contributed by atoms with Gasteiger partial charge < -0.3 is 14.2 Å². The summed E-state index contributed by atoms with van der Waals surface area (Å²) in [5.41, 5.74) is 3.75. The summed E-state index contributed by atoms with van der Waals surface area (Å²) in [5, 5.41) is 0. The summed E-state index contributed by atoms with van der Waals surface area (Å²) in [6.07, 6.45) is 3.11. The molecule has 0 amide bonds. The highest BCUT2D eigenvalue weighted by atomic mass is 16.6. The van der Waals surface area contributed by atoms with Gasteiger partial charge in [0, 0.05) is 25.8 Å². The van der Waals surface area contributed by atoms with Crippen molar-refractivity contribution in [1.82, 2.24) is 4.90 Å². The number of carbonyl (C=O) groups is 2. The Labute approximate surface area is 181 Å². The number of fused-ring (bicyclic) bond motifs is 2. The number of allylic oxidation sites excluding steroid dienone is 1. The fraction of sp³-hybridized carbons (Fsp3) is 0.542. The molecule has 0 aromatic heterocycles. The molecule has 1 aromatic carbocycles. The van der Waals surface area contributed by atoms with Crippen LogP contribution in [0.3, 0.4) is 0 Å². The number of benzene rings is 1. The minimum absolute atomic E-state index is 0.0620. The molecular weight excluding hydrogens is 396 g/mol. The molecular formula is C24H26N2O5. The van der Waals surface area contributed by atoms with Crippen LogP contribution < -0.4 is 4.74 Å². The van der Waals surface area contributed by atoms with Gasteiger partial charge >= 0.3 is 11.9 Å². The van der Waals surface area contributed by atoms with Crippen molar-refractivity contribution < 1.29 is 23.8 Å². The first-order valence-corrected chi connectivity index (χ1v) is 11.0. The first kappa shape index (κ1) is 19.0. The quantitative estimate of drug-likeness (QED) is 0.551. The van der Waals surface area contributed by atoms with Gasteiger partial charge in [0.25, 0.3) is 0 Å². The number of nitrogens with zero attached hydrogens (tertiary/aromatic N) is 2. The van der Waals surface area contributed by atoms with Gasteiger partial charge in [0.2, 0.25) is 0 Å². The third-order valence-corrected chi connectivity index (χ3v) is 8.08. The summed E-state index contributed by atoms with van der Waals surface area (Å²) in [6, 6.07) is 6.21. The van der Waals surface area contributed by atoms with Gasteiger partial charge in [-0.1, -0.05) is 6.08 Å². The number of esters is 2. The Bertz CT molecular complexity index is 1080. The SMILES string of the molecule is C/C=C1/[C@@H](OC(C)=O)N2[C@H]3C[C@@H]1[C@@H]1[C@@H](OC(C)=O)[C@@]4(C[C@@H]12)C3=Nc1ccc(OC)cc14. The molecule has 5 bridgehead atoms. The molecule has 1 aliphatic carbocycles. The molecule has 31 heavy (non-hydrogen) atoms. The number of rotatable bonds is 3. The van der Waals surface area contributed by atoms with E-state index in [4.69, 9.17) is 19.2 Å². The predicted octanol–water partition coefficient (Wildman–Crippen LogP) is 2.89. The Morgan fingerprint density at radius 2 is 2.00 bits per heavy atom. The van der Waals surface area contributed by atoms with Gasteiger partial charge in [-0.25, -0.2) is 0 Å². The summed E-state index contributed by atoms with van der Waals surface area (Å²) in [6.45, 7) is 4.95. The van der Waals surface area contributed by atoms with Gasteiger partial charge in [-0.15, -0.1) is 0 Å². The topological polar surface area (TPSA) is 77.4 Å². The Morgan fingerprint density at radius 3 is 2.68 bits per heavy atom. The van der Waals surface area contributed by atoms with Crippen molar-refractivity contribution in [2.75, 3.05) is 7.11 Å². The van der Waals surface area contributed by atoms with Crippen LogP contribution in [0.5, 0.6) is 5.75 Å². The monoisotopic (exact) mass is 422 g/mol. The Kier molecular flexibility index (Phi) is 3.80. The largest absolute Gasteiger partial charge is 0.497 e. The zero-order valence-electron chi connectivity index (χ0n) is 18.1. The summed E-state index contributed by atoms with van der Waals surface area (Å²) in [4.78, 5) is 31.7. The standard InChI is InChI=1S/C24H26N2O5/c1-5-14-15-9-18-21-24(16-8-13(29-4)6-7-17(16)25-21)10-19(20(15)22(24)30-11(2)27)26(18)23(14)31-12(3)28/h5-8,15,18-20,22-23H,9-10H2,1-4H3/b14-5+/t15-,18-,19-,20-,22+,23+,24+/m0/s1. The number of hydrogen-bond donors (Lipinski definition) is 0. The molecule has 7 rings (SSSR count). The number of ether oxygens (including phenoxy) is 3. The van der Waals surface area contributed by atoms with E-state index in [0.29, 0.717) is 0 Å². The molecule has 1 unspecified atom stereocenters. The van der Waals surface area contributed by atoms with Gasteiger partial charge in [0.05, 0.1) is 30.0 Å². The number of aliphatic imine (C=N–C) groups is 1. The van der Waals surface area contributed by atoms with Crippen LogP contribution in [0.15, 0.2) is 34.8 Å². The molecule has 8 atom stereocenters. The number of piperidine rings is 4. The van der Waals surface area contributed by atoms with Crippen molar-refractivity contribution in [3.63, 3.8) is 0 Å². The van der Waals surface area contributed by atoms with Gasteiger partial charge in [-0.05, 0) is 55.0 Å². The molecule has 5 heterocycles. The second-order valence-electron chi connectivity index (χ2n) is 9.29. The lowest BCUT2D eigenvalue weighted by atomic mass is 9.66. The Hall–Kier alpha value is -2.67. The lowest BCUT2D eigenvalue weighted by Gasteiger charge is -2.58. The molecule has 1 spiro atoms. The average molecular weight is 422 g/mol. The summed E-state index contributed by atoms with van der Waals surface area (Å²) >= 11 is 0. The summed E-state index contributed by atoms with van der Waals surface area (Å²) in [5.74, 6) is 0.566. The Morgan fingerprint density at radius 1 is 1.23 bits per heavy atom. The average Bonchev–Trinajstić information content (AvgIpc) is 3.19. The van der Waals surface area contributed by atoms with Crippen LogP contribution in [-0.4, -0.2) is 54.1 Å². The number of hydrogen-bond acceptors (Lipinski definition) is 7. The second kappa shape index (κ2) is 6.19. The summed E-state index contributed by atoms with van der Waals surface area (Å²) < 4.78 is 17.5. The fourth-order valence-corrected chi connectivity index (χ4v) is 7.30. The molecule has 6 aliphatic rings. The molecule has 7 heteroatoms. The molecule has 0 radical (unpaired) electrons. The highest BCUT2D eigenvalue weighted by Gasteiger charge is 2.75. The lowest BCUT2D eigenvalue weighted by molar-refractivity contribution is -0.175. The number of carbonyl (C=O) groups excluding carboxylic acids is 2. The van der Waals surface area contributed by atoms with E-state index in [2.05, 4.69) is 17.0 Å². The highest BCUT2D eigenvalue weighted by Crippen LogP contribution is 2.67. The number of methoxy groups -OCH3 is 1. The minimum atomic E-state index is -0.440. The highest BCUT2D eigenvalue weighted by molar-refractivity contribution is 6.08. The second-order valence-corrected chi connectivity index (χ2v) is 9.29. The van der Waals surface area contributed by atoms with Crippen LogP contribution in [-0.2, 0) is 24.5 Å². The van der Waals surface area contributed by atoms with E-state index in [-0.39, 0.29) is 48.2 Å². The third-order valence-electron chi connectivity index (χ3n) is 8.08. The first-order valence-electron chi connectivity index (χ1n) is 11.0. The minimum Gasteiger partial charge on any atom is -0.497 e. The first-order chi connectivity index (χ1) is 14.9. The van der Waals surface area contributed by atoms with E-state index in [9.17, 15) is 9.59 Å². The smallest absolute Gasteiger partial charge is 0.304 e. The molecule has 162 valence electrons. The van der Waals surface area contributed by atoms with Crippen molar-refractivity contribution in [3.8, 4) is 5.75 Å². The molecule has 4 saturated heterocycles. The van der Waals surface area contributed by atoms with Gasteiger partial charge in [-0.2, -0.15) is 0 Å². The van der Waals surface area contributed by atoms with Gasteiger partial charge in [0.1, 0.15) is 11.9 Å². The van der Waals surface area contributed by atoms with Crippen LogP contribution in [0.1, 0.15) is 39.2 Å². The predicted molar refractivity (Wildman–Crippen MR) is 112 cm³/mol. The third kappa shape index (κ3) is 2.20. The molecule has 7 nitrogen and oxygen atoms in total. The van der Waals surface area contributed by atoms with Crippen LogP contribution in [0, 0.1) is 11.8 Å². The molecule has 0 N–H and O–H groups in total. The van der Waals surface area contributed by atoms with Crippen LogP contribution in [0.2, 0.25) is 0 Å². The van der Waals surface area contributed by atoms with Gasteiger partial charge in [0.15, 0.2) is 6.23 Å². The van der Waals surface area contributed by atoms with Crippen molar-refractivity contribution in [1.29, 1.82) is 0 Å². The maximum absolute atomic E-state index is 12.3. The van der Waals surface area contributed by atoms with E-state index < -0.39 is 5.41 Å². The maximum atomic E-state index is 12.3. The zero-order chi connectivity index (χ0) is 21.7. The van der Waals surface area contributed by atoms with E-state index in [0.717, 1.165) is 41.1 Å². The van der Waals surface area contributed by atoms with Crippen LogP contribution in [0.4, 0.5) is 5.69 Å². The van der Waals surface area contributed by atoms with Crippen molar-refractivity contribution in [2.45, 2.75) is 63.4 Å². The van der Waals surface area contributed by atoms with E-state index in [1.165, 1.54) is 13.8 Å².